The van der Waals surface area contributed by atoms with Crippen LogP contribution in [0.2, 0.25) is 0 Å². The first-order valence-corrected chi connectivity index (χ1v) is 7.65. The van der Waals surface area contributed by atoms with E-state index < -0.39 is 0 Å². The second-order valence-electron chi connectivity index (χ2n) is 6.07. The lowest BCUT2D eigenvalue weighted by atomic mass is 9.95. The van der Waals surface area contributed by atoms with Crippen molar-refractivity contribution in [3.63, 3.8) is 0 Å². The number of amides is 1. The number of carbonyl (C=O) groups excluding carboxylic acids is 1. The van der Waals surface area contributed by atoms with Crippen LogP contribution in [0.4, 0.5) is 0 Å². The molecule has 3 N–H and O–H groups in total. The van der Waals surface area contributed by atoms with Gasteiger partial charge in [-0.3, -0.25) is 4.79 Å². The average molecular weight is 311 g/mol. The highest BCUT2D eigenvalue weighted by molar-refractivity contribution is 5.85. The molecule has 1 amide bonds. The molecule has 0 heterocycles. The fraction of sp³-hybridized carbons (Fsp3) is 0.588. The molecule has 2 atom stereocenters. The van der Waals surface area contributed by atoms with Crippen molar-refractivity contribution in [3.8, 4) is 0 Å². The molecule has 0 unspecified atom stereocenters. The van der Waals surface area contributed by atoms with Crippen molar-refractivity contribution in [2.24, 2.45) is 17.6 Å². The van der Waals surface area contributed by atoms with Gasteiger partial charge in [0.1, 0.15) is 0 Å². The van der Waals surface area contributed by atoms with Gasteiger partial charge < -0.3 is 11.1 Å². The van der Waals surface area contributed by atoms with E-state index in [9.17, 15) is 4.79 Å². The first-order chi connectivity index (χ1) is 9.60. The van der Waals surface area contributed by atoms with Gasteiger partial charge in [-0.1, -0.05) is 35.7 Å². The van der Waals surface area contributed by atoms with E-state index in [1.54, 1.807) is 0 Å². The molecule has 21 heavy (non-hydrogen) atoms. The smallest absolute Gasteiger partial charge is 0.223 e. The fourth-order valence-corrected chi connectivity index (χ4v) is 3.34. The lowest BCUT2D eigenvalue weighted by Crippen LogP contribution is -2.36. The molecule has 1 aromatic carbocycles. The highest BCUT2D eigenvalue weighted by Crippen LogP contribution is 2.30. The quantitative estimate of drug-likeness (QED) is 0.878. The minimum atomic E-state index is 0. The predicted molar refractivity (Wildman–Crippen MR) is 89.8 cm³/mol. The van der Waals surface area contributed by atoms with Gasteiger partial charge >= 0.3 is 0 Å². The highest BCUT2D eigenvalue weighted by Gasteiger charge is 2.31. The first kappa shape index (κ1) is 18.0. The van der Waals surface area contributed by atoms with E-state index in [-0.39, 0.29) is 24.2 Å². The Kier molecular flexibility index (Phi) is 7.20. The number of nitrogens with two attached hydrogens (primary N) is 1. The summed E-state index contributed by atoms with van der Waals surface area (Å²) in [7, 11) is 0. The summed E-state index contributed by atoms with van der Waals surface area (Å²) >= 11 is 0. The lowest BCUT2D eigenvalue weighted by molar-refractivity contribution is -0.125. The molecule has 3 nitrogen and oxygen atoms in total. The monoisotopic (exact) mass is 310 g/mol. The standard InChI is InChI=1S/C17H26N2O.ClH/c1-12-8-13(2)10-14(9-12)6-7-19-17(20)16-5-3-4-15(16)11-18;/h8-10,15-16H,3-7,11,18H2,1-2H3,(H,19,20);1H/t15-,16-;/m1./s1. The number of rotatable bonds is 5. The Morgan fingerprint density at radius 2 is 1.90 bits per heavy atom. The summed E-state index contributed by atoms with van der Waals surface area (Å²) in [5.74, 6) is 0.720. The number of nitrogens with one attached hydrogen (secondary N) is 1. The summed E-state index contributed by atoms with van der Waals surface area (Å²) in [5.41, 5.74) is 9.60. The maximum atomic E-state index is 12.2. The van der Waals surface area contributed by atoms with E-state index >= 15 is 0 Å². The number of benzene rings is 1. The van der Waals surface area contributed by atoms with E-state index in [1.807, 2.05) is 0 Å². The summed E-state index contributed by atoms with van der Waals surface area (Å²) in [6, 6.07) is 6.56. The van der Waals surface area contributed by atoms with Gasteiger partial charge in [-0.05, 0) is 51.1 Å². The molecular weight excluding hydrogens is 284 g/mol. The van der Waals surface area contributed by atoms with Crippen LogP contribution in [0, 0.1) is 25.7 Å². The molecule has 0 bridgehead atoms. The molecule has 118 valence electrons. The van der Waals surface area contributed by atoms with Crippen LogP contribution in [0.15, 0.2) is 18.2 Å². The number of halogens is 1. The topological polar surface area (TPSA) is 55.1 Å². The Hall–Kier alpha value is -1.06. The third kappa shape index (κ3) is 5.01. The minimum absolute atomic E-state index is 0. The number of aryl methyl sites for hydroxylation is 2. The first-order valence-electron chi connectivity index (χ1n) is 7.65. The van der Waals surface area contributed by atoms with Crippen LogP contribution in [-0.2, 0) is 11.2 Å². The molecule has 1 fully saturated rings. The van der Waals surface area contributed by atoms with Crippen LogP contribution >= 0.6 is 12.4 Å². The Balaban J connectivity index is 0.00000220. The van der Waals surface area contributed by atoms with E-state index in [1.165, 1.54) is 16.7 Å². The zero-order valence-electron chi connectivity index (χ0n) is 13.0. The molecule has 1 saturated carbocycles. The van der Waals surface area contributed by atoms with Gasteiger partial charge in [0.25, 0.3) is 0 Å². The van der Waals surface area contributed by atoms with E-state index in [2.05, 4.69) is 37.4 Å². The van der Waals surface area contributed by atoms with Crippen LogP contribution in [0.3, 0.4) is 0 Å². The Labute approximate surface area is 134 Å². The second-order valence-corrected chi connectivity index (χ2v) is 6.07. The van der Waals surface area contributed by atoms with Crippen molar-refractivity contribution in [1.82, 2.24) is 5.32 Å². The Morgan fingerprint density at radius 1 is 1.24 bits per heavy atom. The average Bonchev–Trinajstić information content (AvgIpc) is 2.85. The van der Waals surface area contributed by atoms with Gasteiger partial charge in [-0.15, -0.1) is 12.4 Å². The zero-order valence-corrected chi connectivity index (χ0v) is 13.8. The van der Waals surface area contributed by atoms with Crippen molar-refractivity contribution in [3.05, 3.63) is 34.9 Å². The molecule has 0 aromatic heterocycles. The maximum Gasteiger partial charge on any atom is 0.223 e. The molecule has 4 heteroatoms. The molecule has 0 saturated heterocycles. The number of hydrogen-bond acceptors (Lipinski definition) is 2. The van der Waals surface area contributed by atoms with Gasteiger partial charge in [0.15, 0.2) is 0 Å². The van der Waals surface area contributed by atoms with Crippen LogP contribution < -0.4 is 11.1 Å². The second kappa shape index (κ2) is 8.40. The largest absolute Gasteiger partial charge is 0.356 e. The zero-order chi connectivity index (χ0) is 14.5. The molecule has 1 aromatic rings. The molecule has 2 rings (SSSR count). The summed E-state index contributed by atoms with van der Waals surface area (Å²) in [6.45, 7) is 5.57. The SMILES string of the molecule is Cc1cc(C)cc(CCNC(=O)[C@@H]2CCC[C@@H]2CN)c1.Cl. The number of hydrogen-bond donors (Lipinski definition) is 2. The van der Waals surface area contributed by atoms with Gasteiger partial charge in [0, 0.05) is 12.5 Å². The molecule has 0 radical (unpaired) electrons. The van der Waals surface area contributed by atoms with Crippen LogP contribution in [-0.4, -0.2) is 19.0 Å². The summed E-state index contributed by atoms with van der Waals surface area (Å²) in [6.07, 6.45) is 4.13. The fourth-order valence-electron chi connectivity index (χ4n) is 3.34. The summed E-state index contributed by atoms with van der Waals surface area (Å²) in [4.78, 5) is 12.2. The predicted octanol–water partition coefficient (Wildman–Crippen LogP) is 2.76. The molecule has 0 spiro atoms. The Bertz CT molecular complexity index is 456. The van der Waals surface area contributed by atoms with E-state index in [0.29, 0.717) is 12.5 Å². The Morgan fingerprint density at radius 3 is 2.52 bits per heavy atom. The van der Waals surface area contributed by atoms with Crippen LogP contribution in [0.25, 0.3) is 0 Å². The number of carbonyl (C=O) groups is 1. The van der Waals surface area contributed by atoms with Crippen molar-refractivity contribution >= 4 is 18.3 Å². The third-order valence-corrected chi connectivity index (χ3v) is 4.29. The van der Waals surface area contributed by atoms with Crippen molar-refractivity contribution in [2.45, 2.75) is 39.5 Å². The van der Waals surface area contributed by atoms with E-state index in [0.717, 1.165) is 32.2 Å². The molecule has 0 aliphatic heterocycles. The molecule has 1 aliphatic carbocycles. The van der Waals surface area contributed by atoms with Gasteiger partial charge in [-0.25, -0.2) is 0 Å². The summed E-state index contributed by atoms with van der Waals surface area (Å²) < 4.78 is 0. The summed E-state index contributed by atoms with van der Waals surface area (Å²) in [5, 5.41) is 3.08. The molecular formula is C17H27ClN2O. The normalized spacial score (nSPS) is 20.9. The van der Waals surface area contributed by atoms with Gasteiger partial charge in [0.2, 0.25) is 5.91 Å². The third-order valence-electron chi connectivity index (χ3n) is 4.29. The van der Waals surface area contributed by atoms with Crippen LogP contribution in [0.5, 0.6) is 0 Å². The minimum Gasteiger partial charge on any atom is -0.356 e. The van der Waals surface area contributed by atoms with Crippen LogP contribution in [0.1, 0.15) is 36.0 Å². The maximum absolute atomic E-state index is 12.2. The highest BCUT2D eigenvalue weighted by atomic mass is 35.5. The van der Waals surface area contributed by atoms with Crippen molar-refractivity contribution < 1.29 is 4.79 Å². The molecule has 1 aliphatic rings. The van der Waals surface area contributed by atoms with Crippen molar-refractivity contribution in [1.29, 1.82) is 0 Å². The lowest BCUT2D eigenvalue weighted by Gasteiger charge is -2.17. The van der Waals surface area contributed by atoms with E-state index in [4.69, 9.17) is 5.73 Å². The van der Waals surface area contributed by atoms with Crippen molar-refractivity contribution in [2.75, 3.05) is 13.1 Å². The van der Waals surface area contributed by atoms with Gasteiger partial charge in [0.05, 0.1) is 0 Å². The van der Waals surface area contributed by atoms with Gasteiger partial charge in [-0.2, -0.15) is 0 Å².